The van der Waals surface area contributed by atoms with Gasteiger partial charge < -0.3 is 14.8 Å². The summed E-state index contributed by atoms with van der Waals surface area (Å²) in [4.78, 5) is 0. The van der Waals surface area contributed by atoms with Crippen LogP contribution in [0, 0.1) is 13.8 Å². The van der Waals surface area contributed by atoms with Gasteiger partial charge in [0.1, 0.15) is 0 Å². The van der Waals surface area contributed by atoms with Crippen molar-refractivity contribution in [2.75, 3.05) is 19.8 Å². The normalized spacial score (nSPS) is 11.2. The highest BCUT2D eigenvalue weighted by molar-refractivity contribution is 5.32. The van der Waals surface area contributed by atoms with Crippen LogP contribution in [0.25, 0.3) is 0 Å². The molecule has 0 saturated heterocycles. The Balaban J connectivity index is 2.42. The molecule has 0 aliphatic carbocycles. The predicted molar refractivity (Wildman–Crippen MR) is 74.7 cm³/mol. The fraction of sp³-hybridized carbons (Fsp3) is 0.600. The summed E-state index contributed by atoms with van der Waals surface area (Å²) in [6.45, 7) is 11.2. The van der Waals surface area contributed by atoms with Gasteiger partial charge in [-0.15, -0.1) is 0 Å². The number of ether oxygens (including phenoxy) is 2. The second-order valence-corrected chi connectivity index (χ2v) is 4.33. The SMILES string of the molecule is CCOC(CNCc1cccc(C)c1C)OCC. The number of hydrogen-bond acceptors (Lipinski definition) is 3. The van der Waals surface area contributed by atoms with Crippen LogP contribution in [0.1, 0.15) is 30.5 Å². The molecule has 0 aliphatic rings. The van der Waals surface area contributed by atoms with E-state index in [0.29, 0.717) is 13.2 Å². The first kappa shape index (κ1) is 15.2. The summed E-state index contributed by atoms with van der Waals surface area (Å²) >= 11 is 0. The molecule has 0 heterocycles. The van der Waals surface area contributed by atoms with E-state index in [1.807, 2.05) is 13.8 Å². The zero-order chi connectivity index (χ0) is 13.4. The Morgan fingerprint density at radius 3 is 2.39 bits per heavy atom. The van der Waals surface area contributed by atoms with Crippen LogP contribution in [0.2, 0.25) is 0 Å². The summed E-state index contributed by atoms with van der Waals surface area (Å²) in [7, 11) is 0. The van der Waals surface area contributed by atoms with Crippen molar-refractivity contribution in [1.29, 1.82) is 0 Å². The largest absolute Gasteiger partial charge is 0.352 e. The second kappa shape index (κ2) is 8.25. The summed E-state index contributed by atoms with van der Waals surface area (Å²) in [6, 6.07) is 6.40. The molecule has 0 aliphatic heterocycles. The third kappa shape index (κ3) is 4.77. The van der Waals surface area contributed by atoms with E-state index in [0.717, 1.165) is 13.1 Å². The molecule has 0 saturated carbocycles. The van der Waals surface area contributed by atoms with Crippen molar-refractivity contribution < 1.29 is 9.47 Å². The molecule has 0 spiro atoms. The van der Waals surface area contributed by atoms with Crippen molar-refractivity contribution in [3.05, 3.63) is 34.9 Å². The zero-order valence-electron chi connectivity index (χ0n) is 12.0. The smallest absolute Gasteiger partial charge is 0.169 e. The van der Waals surface area contributed by atoms with Gasteiger partial charge in [0.15, 0.2) is 6.29 Å². The minimum absolute atomic E-state index is 0.148. The van der Waals surface area contributed by atoms with Crippen molar-refractivity contribution in [3.8, 4) is 0 Å². The second-order valence-electron chi connectivity index (χ2n) is 4.33. The van der Waals surface area contributed by atoms with E-state index in [1.54, 1.807) is 0 Å². The highest BCUT2D eigenvalue weighted by Crippen LogP contribution is 2.12. The lowest BCUT2D eigenvalue weighted by Gasteiger charge is -2.18. The lowest BCUT2D eigenvalue weighted by Crippen LogP contribution is -2.31. The number of rotatable bonds is 8. The standard InChI is InChI=1S/C15H25NO2/c1-5-17-15(18-6-2)11-16-10-14-9-7-8-12(3)13(14)4/h7-9,15-16H,5-6,10-11H2,1-4H3. The van der Waals surface area contributed by atoms with Gasteiger partial charge in [-0.2, -0.15) is 0 Å². The van der Waals surface area contributed by atoms with Gasteiger partial charge in [-0.05, 0) is 44.4 Å². The molecule has 0 amide bonds. The minimum Gasteiger partial charge on any atom is -0.352 e. The number of benzene rings is 1. The monoisotopic (exact) mass is 251 g/mol. The maximum atomic E-state index is 5.49. The highest BCUT2D eigenvalue weighted by atomic mass is 16.7. The fourth-order valence-corrected chi connectivity index (χ4v) is 1.87. The molecule has 0 fully saturated rings. The molecule has 0 bridgehead atoms. The summed E-state index contributed by atoms with van der Waals surface area (Å²) in [5, 5.41) is 3.39. The highest BCUT2D eigenvalue weighted by Gasteiger charge is 2.07. The van der Waals surface area contributed by atoms with Gasteiger partial charge in [0.05, 0.1) is 0 Å². The van der Waals surface area contributed by atoms with Gasteiger partial charge in [0.2, 0.25) is 0 Å². The van der Waals surface area contributed by atoms with Gasteiger partial charge >= 0.3 is 0 Å². The van der Waals surface area contributed by atoms with E-state index >= 15 is 0 Å². The summed E-state index contributed by atoms with van der Waals surface area (Å²) in [5.41, 5.74) is 4.02. The van der Waals surface area contributed by atoms with Gasteiger partial charge in [-0.3, -0.25) is 0 Å². The van der Waals surface area contributed by atoms with Crippen LogP contribution < -0.4 is 5.32 Å². The topological polar surface area (TPSA) is 30.5 Å². The molecular formula is C15H25NO2. The van der Waals surface area contributed by atoms with E-state index in [4.69, 9.17) is 9.47 Å². The molecule has 1 aromatic rings. The van der Waals surface area contributed by atoms with Crippen molar-refractivity contribution in [2.24, 2.45) is 0 Å². The quantitative estimate of drug-likeness (QED) is 0.721. The molecule has 1 rings (SSSR count). The third-order valence-electron chi connectivity index (χ3n) is 3.05. The van der Waals surface area contributed by atoms with Crippen molar-refractivity contribution in [2.45, 2.75) is 40.5 Å². The maximum absolute atomic E-state index is 5.49. The van der Waals surface area contributed by atoms with Gasteiger partial charge in [0, 0.05) is 26.3 Å². The van der Waals surface area contributed by atoms with Crippen LogP contribution in [-0.2, 0) is 16.0 Å². The van der Waals surface area contributed by atoms with E-state index in [-0.39, 0.29) is 6.29 Å². The summed E-state index contributed by atoms with van der Waals surface area (Å²) in [6.07, 6.45) is -0.148. The molecular weight excluding hydrogens is 226 g/mol. The van der Waals surface area contributed by atoms with E-state index in [2.05, 4.69) is 37.4 Å². The van der Waals surface area contributed by atoms with Crippen molar-refractivity contribution in [3.63, 3.8) is 0 Å². The van der Waals surface area contributed by atoms with Crippen LogP contribution in [0.4, 0.5) is 0 Å². The Morgan fingerprint density at radius 2 is 1.78 bits per heavy atom. The number of hydrogen-bond donors (Lipinski definition) is 1. The van der Waals surface area contributed by atoms with Gasteiger partial charge in [-0.25, -0.2) is 0 Å². The average Bonchev–Trinajstić information content (AvgIpc) is 2.35. The molecule has 1 aromatic carbocycles. The molecule has 3 nitrogen and oxygen atoms in total. The first-order chi connectivity index (χ1) is 8.69. The van der Waals surface area contributed by atoms with Gasteiger partial charge in [0.25, 0.3) is 0 Å². The van der Waals surface area contributed by atoms with Crippen LogP contribution in [0.3, 0.4) is 0 Å². The number of aryl methyl sites for hydroxylation is 1. The van der Waals surface area contributed by atoms with Crippen LogP contribution in [0.5, 0.6) is 0 Å². The van der Waals surface area contributed by atoms with Gasteiger partial charge in [-0.1, -0.05) is 18.2 Å². The zero-order valence-corrected chi connectivity index (χ0v) is 12.0. The molecule has 18 heavy (non-hydrogen) atoms. The predicted octanol–water partition coefficient (Wildman–Crippen LogP) is 2.79. The van der Waals surface area contributed by atoms with E-state index in [9.17, 15) is 0 Å². The lowest BCUT2D eigenvalue weighted by atomic mass is 10.0. The third-order valence-corrected chi connectivity index (χ3v) is 3.05. The molecule has 3 heteroatoms. The Labute approximate surface area is 110 Å². The van der Waals surface area contributed by atoms with E-state index in [1.165, 1.54) is 16.7 Å². The van der Waals surface area contributed by atoms with Crippen LogP contribution in [0.15, 0.2) is 18.2 Å². The minimum atomic E-state index is -0.148. The first-order valence-electron chi connectivity index (χ1n) is 6.68. The maximum Gasteiger partial charge on any atom is 0.169 e. The molecule has 0 radical (unpaired) electrons. The molecule has 1 N–H and O–H groups in total. The Bertz CT molecular complexity index is 346. The Hall–Kier alpha value is -0.900. The van der Waals surface area contributed by atoms with Crippen LogP contribution in [-0.4, -0.2) is 26.0 Å². The van der Waals surface area contributed by atoms with E-state index < -0.39 is 0 Å². The molecule has 0 aromatic heterocycles. The fourth-order valence-electron chi connectivity index (χ4n) is 1.87. The Morgan fingerprint density at radius 1 is 1.11 bits per heavy atom. The first-order valence-corrected chi connectivity index (χ1v) is 6.68. The lowest BCUT2D eigenvalue weighted by molar-refractivity contribution is -0.133. The number of nitrogens with one attached hydrogen (secondary N) is 1. The average molecular weight is 251 g/mol. The van der Waals surface area contributed by atoms with Crippen molar-refractivity contribution >= 4 is 0 Å². The summed E-state index contributed by atoms with van der Waals surface area (Å²) in [5.74, 6) is 0. The van der Waals surface area contributed by atoms with Crippen LogP contribution >= 0.6 is 0 Å². The molecule has 0 unspecified atom stereocenters. The van der Waals surface area contributed by atoms with Crippen molar-refractivity contribution in [1.82, 2.24) is 5.32 Å². The summed E-state index contributed by atoms with van der Waals surface area (Å²) < 4.78 is 11.0. The molecule has 0 atom stereocenters. The molecule has 102 valence electrons. The Kier molecular flexibility index (Phi) is 6.94.